The van der Waals surface area contributed by atoms with Gasteiger partial charge in [-0.3, -0.25) is 9.59 Å². The van der Waals surface area contributed by atoms with E-state index in [2.05, 4.69) is 6.92 Å². The lowest BCUT2D eigenvalue weighted by Gasteiger charge is -2.38. The zero-order valence-corrected chi connectivity index (χ0v) is 16.3. The molecule has 25 heavy (non-hydrogen) atoms. The van der Waals surface area contributed by atoms with Crippen molar-refractivity contribution in [1.82, 2.24) is 4.90 Å². The quantitative estimate of drug-likeness (QED) is 0.595. The van der Waals surface area contributed by atoms with E-state index in [0.29, 0.717) is 24.9 Å². The molecule has 0 unspecified atom stereocenters. The van der Waals surface area contributed by atoms with Crippen LogP contribution in [-0.4, -0.2) is 36.5 Å². The lowest BCUT2D eigenvalue weighted by Crippen LogP contribution is -2.46. The molecule has 0 atom stereocenters. The topological polar surface area (TPSA) is 46.6 Å². The van der Waals surface area contributed by atoms with E-state index >= 15 is 0 Å². The van der Waals surface area contributed by atoms with Gasteiger partial charge in [-0.1, -0.05) is 45.4 Å². The van der Waals surface area contributed by atoms with Crippen molar-refractivity contribution in [2.75, 3.05) is 13.7 Å². The molecule has 2 aliphatic rings. The number of carbonyl (C=O) groups excluding carboxylic acids is 2. The van der Waals surface area contributed by atoms with Crippen molar-refractivity contribution in [3.8, 4) is 0 Å². The number of hydrogen-bond acceptors (Lipinski definition) is 3. The molecule has 4 nitrogen and oxygen atoms in total. The van der Waals surface area contributed by atoms with Gasteiger partial charge in [0.2, 0.25) is 5.91 Å². The highest BCUT2D eigenvalue weighted by Gasteiger charge is 2.33. The van der Waals surface area contributed by atoms with Crippen LogP contribution in [-0.2, 0) is 14.3 Å². The van der Waals surface area contributed by atoms with Gasteiger partial charge in [0, 0.05) is 18.5 Å². The van der Waals surface area contributed by atoms with Crippen molar-refractivity contribution in [3.63, 3.8) is 0 Å². The molecule has 144 valence electrons. The maximum Gasteiger partial charge on any atom is 0.307 e. The molecule has 4 heteroatoms. The molecule has 2 rings (SSSR count). The fourth-order valence-corrected chi connectivity index (χ4v) is 4.60. The summed E-state index contributed by atoms with van der Waals surface area (Å²) in [4.78, 5) is 26.8. The normalized spacial score (nSPS) is 24.7. The monoisotopic (exact) mass is 351 g/mol. The first-order chi connectivity index (χ1) is 12.2. The van der Waals surface area contributed by atoms with Gasteiger partial charge >= 0.3 is 5.97 Å². The Kier molecular flexibility index (Phi) is 8.77. The second kappa shape index (κ2) is 10.8. The van der Waals surface area contributed by atoms with Crippen LogP contribution in [0.2, 0.25) is 0 Å². The summed E-state index contributed by atoms with van der Waals surface area (Å²) < 4.78 is 4.79. The summed E-state index contributed by atoms with van der Waals surface area (Å²) in [5, 5.41) is 0. The Morgan fingerprint density at radius 1 is 1.00 bits per heavy atom. The highest BCUT2D eigenvalue weighted by Crippen LogP contribution is 2.34. The number of unbranched alkanes of at least 4 members (excludes halogenated alkanes) is 1. The minimum Gasteiger partial charge on any atom is -0.469 e. The van der Waals surface area contributed by atoms with Crippen LogP contribution in [0.1, 0.15) is 90.4 Å². The van der Waals surface area contributed by atoms with E-state index in [1.54, 1.807) is 0 Å². The second-order valence-electron chi connectivity index (χ2n) is 8.01. The third-order valence-corrected chi connectivity index (χ3v) is 6.24. The Morgan fingerprint density at radius 3 is 2.28 bits per heavy atom. The van der Waals surface area contributed by atoms with Gasteiger partial charge in [-0.15, -0.1) is 0 Å². The lowest BCUT2D eigenvalue weighted by molar-refractivity contribution is -0.144. The summed E-state index contributed by atoms with van der Waals surface area (Å²) in [6, 6.07) is 0.337. The van der Waals surface area contributed by atoms with Crippen molar-refractivity contribution >= 4 is 11.9 Å². The number of amides is 1. The van der Waals surface area contributed by atoms with E-state index in [-0.39, 0.29) is 11.9 Å². The van der Waals surface area contributed by atoms with E-state index < -0.39 is 0 Å². The van der Waals surface area contributed by atoms with Gasteiger partial charge in [-0.25, -0.2) is 0 Å². The van der Waals surface area contributed by atoms with Gasteiger partial charge in [0.1, 0.15) is 0 Å². The van der Waals surface area contributed by atoms with Crippen LogP contribution in [0.5, 0.6) is 0 Å². The zero-order chi connectivity index (χ0) is 18.1. The zero-order valence-electron chi connectivity index (χ0n) is 16.3. The Morgan fingerprint density at radius 2 is 1.68 bits per heavy atom. The third-order valence-electron chi connectivity index (χ3n) is 6.24. The minimum absolute atomic E-state index is 0.178. The summed E-state index contributed by atoms with van der Waals surface area (Å²) in [5.41, 5.74) is 0. The van der Waals surface area contributed by atoms with Gasteiger partial charge < -0.3 is 9.64 Å². The largest absolute Gasteiger partial charge is 0.469 e. The van der Waals surface area contributed by atoms with Crippen molar-refractivity contribution in [2.24, 2.45) is 11.8 Å². The molecule has 2 saturated carbocycles. The van der Waals surface area contributed by atoms with Crippen LogP contribution in [0.3, 0.4) is 0 Å². The van der Waals surface area contributed by atoms with Crippen LogP contribution in [0.25, 0.3) is 0 Å². The molecule has 0 N–H and O–H groups in total. The molecule has 0 aromatic carbocycles. The van der Waals surface area contributed by atoms with Gasteiger partial charge in [0.15, 0.2) is 0 Å². The smallest absolute Gasteiger partial charge is 0.307 e. The summed E-state index contributed by atoms with van der Waals surface area (Å²) in [7, 11) is 1.42. The van der Waals surface area contributed by atoms with Crippen LogP contribution in [0, 0.1) is 11.8 Å². The van der Waals surface area contributed by atoms with Gasteiger partial charge in [-0.2, -0.15) is 0 Å². The maximum atomic E-state index is 13.2. The van der Waals surface area contributed by atoms with Crippen LogP contribution in [0.4, 0.5) is 0 Å². The predicted octanol–water partition coefficient (Wildman–Crippen LogP) is 4.71. The molecule has 0 aromatic heterocycles. The molecular weight excluding hydrogens is 314 g/mol. The molecule has 0 spiro atoms. The molecular formula is C21H37NO3. The van der Waals surface area contributed by atoms with Gasteiger partial charge in [0.25, 0.3) is 0 Å². The Bertz CT molecular complexity index is 409. The molecule has 2 aliphatic carbocycles. The fourth-order valence-electron chi connectivity index (χ4n) is 4.60. The number of ether oxygens (including phenoxy) is 1. The molecule has 0 aliphatic heterocycles. The van der Waals surface area contributed by atoms with E-state index in [9.17, 15) is 9.59 Å². The summed E-state index contributed by atoms with van der Waals surface area (Å²) >= 11 is 0. The summed E-state index contributed by atoms with van der Waals surface area (Å²) in [6.07, 6.45) is 14.6. The Hall–Kier alpha value is -1.06. The standard InChI is InChI=1S/C21H37NO3/c1-3-4-8-17-11-13-18(14-12-17)21(24)22(16-15-20(23)25-2)19-9-6-5-7-10-19/h17-19H,3-16H2,1-2H3. The predicted molar refractivity (Wildman–Crippen MR) is 100 cm³/mol. The van der Waals surface area contributed by atoms with E-state index in [1.807, 2.05) is 4.90 Å². The maximum absolute atomic E-state index is 13.2. The number of rotatable bonds is 8. The number of esters is 1. The van der Waals surface area contributed by atoms with Crippen molar-refractivity contribution in [1.29, 1.82) is 0 Å². The first-order valence-electron chi connectivity index (χ1n) is 10.5. The second-order valence-corrected chi connectivity index (χ2v) is 8.01. The molecule has 0 heterocycles. The Balaban J connectivity index is 1.91. The average molecular weight is 352 g/mol. The molecule has 2 fully saturated rings. The van der Waals surface area contributed by atoms with Crippen molar-refractivity contribution < 1.29 is 14.3 Å². The summed E-state index contributed by atoms with van der Waals surface area (Å²) in [6.45, 7) is 2.78. The summed E-state index contributed by atoms with van der Waals surface area (Å²) in [5.74, 6) is 1.10. The van der Waals surface area contributed by atoms with E-state index in [4.69, 9.17) is 4.74 Å². The molecule has 0 saturated heterocycles. The van der Waals surface area contributed by atoms with Crippen LogP contribution >= 0.6 is 0 Å². The molecule has 0 aromatic rings. The van der Waals surface area contributed by atoms with Crippen molar-refractivity contribution in [2.45, 2.75) is 96.4 Å². The number of hydrogen-bond donors (Lipinski definition) is 0. The van der Waals surface area contributed by atoms with Gasteiger partial charge in [0.05, 0.1) is 13.5 Å². The number of nitrogens with zero attached hydrogens (tertiary/aromatic N) is 1. The molecule has 0 radical (unpaired) electrons. The van der Waals surface area contributed by atoms with E-state index in [0.717, 1.165) is 31.6 Å². The lowest BCUT2D eigenvalue weighted by atomic mass is 9.79. The van der Waals surface area contributed by atoms with Gasteiger partial charge in [-0.05, 0) is 44.4 Å². The van der Waals surface area contributed by atoms with Crippen molar-refractivity contribution in [3.05, 3.63) is 0 Å². The number of carbonyl (C=O) groups is 2. The highest BCUT2D eigenvalue weighted by molar-refractivity contribution is 5.80. The fraction of sp³-hybridized carbons (Fsp3) is 0.905. The van der Waals surface area contributed by atoms with Crippen LogP contribution in [0.15, 0.2) is 0 Å². The highest BCUT2D eigenvalue weighted by atomic mass is 16.5. The van der Waals surface area contributed by atoms with E-state index in [1.165, 1.54) is 58.5 Å². The average Bonchev–Trinajstić information content (AvgIpc) is 2.67. The molecule has 1 amide bonds. The molecule has 0 bridgehead atoms. The third kappa shape index (κ3) is 6.31. The first kappa shape index (κ1) is 20.3. The minimum atomic E-state index is -0.211. The first-order valence-corrected chi connectivity index (χ1v) is 10.5. The Labute approximate surface area is 153 Å². The number of methoxy groups -OCH3 is 1. The van der Waals surface area contributed by atoms with Crippen LogP contribution < -0.4 is 0 Å². The SMILES string of the molecule is CCCCC1CCC(C(=O)N(CCC(=O)OC)C2CCCCC2)CC1.